The van der Waals surface area contributed by atoms with Crippen LogP contribution >= 0.6 is 0 Å². The van der Waals surface area contributed by atoms with E-state index in [-0.39, 0.29) is 11.5 Å². The Kier molecular flexibility index (Phi) is 11.3. The predicted octanol–water partition coefficient (Wildman–Crippen LogP) is 3.47. The number of ether oxygens (including phenoxy) is 1. The first-order chi connectivity index (χ1) is 18.0. The third kappa shape index (κ3) is 9.95. The molecule has 202 valence electrons. The second-order valence-electron chi connectivity index (χ2n) is 7.44. The van der Waals surface area contributed by atoms with Crippen LogP contribution in [-0.4, -0.2) is 58.9 Å². The van der Waals surface area contributed by atoms with Gasteiger partial charge in [0.15, 0.2) is 0 Å². The number of hydrogen-bond donors (Lipinski definition) is 3. The number of pyridine rings is 1. The molecule has 10 nitrogen and oxygen atoms in total. The molecular weight excluding hydrogens is 524 g/mol. The maximum atomic E-state index is 13.0. The van der Waals surface area contributed by atoms with Gasteiger partial charge in [-0.3, -0.25) is 4.98 Å². The summed E-state index contributed by atoms with van der Waals surface area (Å²) in [5.74, 6) is -2.72. The minimum absolute atomic E-state index is 0.00423. The number of aliphatic carboxylic acids is 2. The smallest absolute Gasteiger partial charge is 0.387 e. The second-order valence-corrected chi connectivity index (χ2v) is 9.33. The summed E-state index contributed by atoms with van der Waals surface area (Å²) < 4.78 is 56.3. The molecule has 3 N–H and O–H groups in total. The number of alkyl halides is 2. The molecule has 0 radical (unpaired) electrons. The molecule has 0 spiro atoms. The molecule has 0 atom stereocenters. The average Bonchev–Trinajstić information content (AvgIpc) is 3.29. The van der Waals surface area contributed by atoms with Gasteiger partial charge in [-0.15, -0.1) is 0 Å². The number of benzene rings is 1. The highest BCUT2D eigenvalue weighted by Gasteiger charge is 2.18. The van der Waals surface area contributed by atoms with Crippen molar-refractivity contribution in [2.45, 2.75) is 13.2 Å². The topological polar surface area (TPSA) is 148 Å². The van der Waals surface area contributed by atoms with E-state index in [1.54, 1.807) is 62.1 Å². The average molecular weight is 550 g/mol. The molecule has 0 aliphatic heterocycles. The van der Waals surface area contributed by atoms with Gasteiger partial charge in [-0.25, -0.2) is 22.0 Å². The molecule has 38 heavy (non-hydrogen) atoms. The van der Waals surface area contributed by atoms with Crippen LogP contribution in [-0.2, 0) is 26.2 Å². The molecule has 0 fully saturated rings. The maximum Gasteiger partial charge on any atom is 0.387 e. The van der Waals surface area contributed by atoms with Crippen molar-refractivity contribution in [3.63, 3.8) is 0 Å². The van der Waals surface area contributed by atoms with E-state index in [1.807, 2.05) is 6.07 Å². The first-order valence-corrected chi connectivity index (χ1v) is 12.5. The van der Waals surface area contributed by atoms with Gasteiger partial charge in [-0.2, -0.15) is 8.78 Å². The van der Waals surface area contributed by atoms with Gasteiger partial charge < -0.3 is 20.3 Å². The molecule has 3 aromatic rings. The van der Waals surface area contributed by atoms with Crippen molar-refractivity contribution < 1.29 is 41.7 Å². The van der Waals surface area contributed by atoms with Crippen LogP contribution in [0.5, 0.6) is 5.75 Å². The second kappa shape index (κ2) is 14.4. The highest BCUT2D eigenvalue weighted by molar-refractivity contribution is 7.90. The van der Waals surface area contributed by atoms with Gasteiger partial charge in [0, 0.05) is 37.3 Å². The van der Waals surface area contributed by atoms with Crippen molar-refractivity contribution in [2.24, 2.45) is 0 Å². The molecule has 0 amide bonds. The van der Waals surface area contributed by atoms with Crippen LogP contribution in [0.4, 0.5) is 8.78 Å². The van der Waals surface area contributed by atoms with E-state index in [0.29, 0.717) is 30.0 Å². The van der Waals surface area contributed by atoms with Gasteiger partial charge in [0.05, 0.1) is 11.4 Å². The molecular formula is C25H25F2N3O7S. The van der Waals surface area contributed by atoms with E-state index in [1.165, 1.54) is 16.1 Å². The minimum Gasteiger partial charge on any atom is -0.478 e. The summed E-state index contributed by atoms with van der Waals surface area (Å²) in [7, 11) is -1.94. The molecule has 13 heteroatoms. The van der Waals surface area contributed by atoms with Gasteiger partial charge >= 0.3 is 18.6 Å². The zero-order valence-corrected chi connectivity index (χ0v) is 20.9. The monoisotopic (exact) mass is 549 g/mol. The Bertz CT molecular complexity index is 1360. The van der Waals surface area contributed by atoms with Crippen LogP contribution in [0.1, 0.15) is 11.1 Å². The summed E-state index contributed by atoms with van der Waals surface area (Å²) in [6, 6.07) is 11.2. The van der Waals surface area contributed by atoms with Crippen molar-refractivity contribution in [1.82, 2.24) is 14.3 Å². The molecule has 2 aromatic heterocycles. The van der Waals surface area contributed by atoms with Crippen LogP contribution in [0.3, 0.4) is 0 Å². The van der Waals surface area contributed by atoms with E-state index in [2.05, 4.69) is 15.0 Å². The quantitative estimate of drug-likeness (QED) is 0.306. The standard InChI is InChI=1S/C21H21F2N3O3S.C4H4O4/c1-24-13-17-12-20(18-6-8-19(9-7-18)29-21(22)23)26(15-17)30(27,28)11-3-5-16-4-2-10-25-14-16;5-3(6)1-2-4(7)8/h2-10,12,14-15,21,24H,11,13H2,1H3;1-2H,(H,5,6)(H,7,8)/b;2-1+. The summed E-state index contributed by atoms with van der Waals surface area (Å²) >= 11 is 0. The summed E-state index contributed by atoms with van der Waals surface area (Å²) in [6.07, 6.45) is 9.21. The molecule has 0 unspecified atom stereocenters. The molecule has 0 saturated carbocycles. The molecule has 1 aromatic carbocycles. The SMILES string of the molecule is CNCc1cc(-c2ccc(OC(F)F)cc2)n(S(=O)(=O)CC=Cc2cccnc2)c1.O=C(O)/C=C/C(=O)O. The molecule has 2 heterocycles. The zero-order chi connectivity index (χ0) is 28.1. The normalized spacial score (nSPS) is 11.5. The summed E-state index contributed by atoms with van der Waals surface area (Å²) in [6.45, 7) is -2.44. The predicted molar refractivity (Wildman–Crippen MR) is 136 cm³/mol. The van der Waals surface area contributed by atoms with E-state index in [4.69, 9.17) is 10.2 Å². The lowest BCUT2D eigenvalue weighted by Gasteiger charge is -2.10. The van der Waals surface area contributed by atoms with Crippen molar-refractivity contribution in [2.75, 3.05) is 12.8 Å². The molecule has 3 rings (SSSR count). The Labute approximate surface area is 217 Å². The molecule has 0 aliphatic carbocycles. The number of aromatic nitrogens is 2. The Morgan fingerprint density at radius 2 is 1.79 bits per heavy atom. The number of nitrogens with zero attached hydrogens (tertiary/aromatic N) is 2. The lowest BCUT2D eigenvalue weighted by Crippen LogP contribution is -2.15. The van der Waals surface area contributed by atoms with Crippen LogP contribution in [0.25, 0.3) is 17.3 Å². The number of carboxylic acids is 2. The fourth-order valence-corrected chi connectivity index (χ4v) is 4.30. The Morgan fingerprint density at radius 3 is 2.32 bits per heavy atom. The highest BCUT2D eigenvalue weighted by Crippen LogP contribution is 2.27. The maximum absolute atomic E-state index is 13.0. The number of halogens is 2. The van der Waals surface area contributed by atoms with Crippen molar-refractivity contribution in [1.29, 1.82) is 0 Å². The Balaban J connectivity index is 0.000000550. The Morgan fingerprint density at radius 1 is 1.13 bits per heavy atom. The number of rotatable bonds is 11. The van der Waals surface area contributed by atoms with Gasteiger partial charge in [0.25, 0.3) is 0 Å². The first-order valence-electron chi connectivity index (χ1n) is 10.9. The number of carboxylic acid groups (broad SMARTS) is 2. The highest BCUT2D eigenvalue weighted by atomic mass is 32.2. The van der Waals surface area contributed by atoms with Crippen molar-refractivity contribution in [3.05, 3.63) is 90.4 Å². The van der Waals surface area contributed by atoms with Crippen LogP contribution < -0.4 is 10.1 Å². The van der Waals surface area contributed by atoms with Crippen LogP contribution in [0.15, 0.2) is 79.3 Å². The molecule has 0 bridgehead atoms. The third-order valence-corrected chi connectivity index (χ3v) is 6.08. The summed E-state index contributed by atoms with van der Waals surface area (Å²) in [5.41, 5.74) is 2.59. The largest absolute Gasteiger partial charge is 0.478 e. The lowest BCUT2D eigenvalue weighted by molar-refractivity contribution is -0.134. The third-order valence-electron chi connectivity index (χ3n) is 4.57. The van der Waals surface area contributed by atoms with Gasteiger partial charge in [-0.05, 0) is 60.1 Å². The van der Waals surface area contributed by atoms with E-state index in [9.17, 15) is 26.8 Å². The van der Waals surface area contributed by atoms with Gasteiger partial charge in [0.2, 0.25) is 10.0 Å². The van der Waals surface area contributed by atoms with Crippen LogP contribution in [0.2, 0.25) is 0 Å². The summed E-state index contributed by atoms with van der Waals surface area (Å²) in [5, 5.41) is 18.6. The number of hydrogen-bond acceptors (Lipinski definition) is 7. The number of carbonyl (C=O) groups is 2. The fourth-order valence-electron chi connectivity index (χ4n) is 3.05. The molecule has 0 saturated heterocycles. The van der Waals surface area contributed by atoms with Crippen molar-refractivity contribution >= 4 is 28.0 Å². The first kappa shape index (κ1) is 29.9. The van der Waals surface area contributed by atoms with Gasteiger partial charge in [-0.1, -0.05) is 18.2 Å². The van der Waals surface area contributed by atoms with E-state index >= 15 is 0 Å². The van der Waals surface area contributed by atoms with E-state index in [0.717, 1.165) is 11.1 Å². The molecule has 0 aliphatic rings. The van der Waals surface area contributed by atoms with Gasteiger partial charge in [0.1, 0.15) is 5.75 Å². The summed E-state index contributed by atoms with van der Waals surface area (Å²) in [4.78, 5) is 23.1. The van der Waals surface area contributed by atoms with Crippen LogP contribution in [0, 0.1) is 0 Å². The van der Waals surface area contributed by atoms with Crippen molar-refractivity contribution in [3.8, 4) is 17.0 Å². The number of nitrogens with one attached hydrogen (secondary N) is 1. The lowest BCUT2D eigenvalue weighted by atomic mass is 10.1. The zero-order valence-electron chi connectivity index (χ0n) is 20.1. The fraction of sp³-hybridized carbons (Fsp3) is 0.160. The van der Waals surface area contributed by atoms with E-state index < -0.39 is 28.6 Å². The minimum atomic E-state index is -3.71. The Hall–Kier alpha value is -4.36.